The van der Waals surface area contributed by atoms with Crippen molar-refractivity contribution in [1.82, 2.24) is 21.0 Å². The van der Waals surface area contributed by atoms with Gasteiger partial charge in [0.2, 0.25) is 11.8 Å². The van der Waals surface area contributed by atoms with Crippen LogP contribution >= 0.6 is 0 Å². The largest absolute Gasteiger partial charge is 0.487 e. The summed E-state index contributed by atoms with van der Waals surface area (Å²) in [6.45, 7) is 6.26. The number of allylic oxidation sites excluding steroid dienone is 3. The Morgan fingerprint density at radius 1 is 1.44 bits per heavy atom. The lowest BCUT2D eigenvalue weighted by Crippen LogP contribution is -2.42. The van der Waals surface area contributed by atoms with E-state index in [1.807, 2.05) is 11.9 Å². The Balaban J connectivity index is 2.45. The molecule has 1 fully saturated rings. The first-order valence-electron chi connectivity index (χ1n) is 8.04. The number of nitrogens with zero attached hydrogens (tertiary/aromatic N) is 1. The summed E-state index contributed by atoms with van der Waals surface area (Å²) >= 11 is 0. The monoisotopic (exact) mass is 354 g/mol. The van der Waals surface area contributed by atoms with Gasteiger partial charge in [0.05, 0.1) is 13.2 Å². The number of amides is 2. The molecule has 0 aliphatic carbocycles. The zero-order valence-corrected chi connectivity index (χ0v) is 14.9. The maximum atomic E-state index is 12.3. The minimum atomic E-state index is -1.59. The third-order valence-electron chi connectivity index (χ3n) is 3.88. The summed E-state index contributed by atoms with van der Waals surface area (Å²) < 4.78 is 0. The minimum Gasteiger partial charge on any atom is -0.423 e. The summed E-state index contributed by atoms with van der Waals surface area (Å²) in [5.41, 5.74) is 3.13. The first kappa shape index (κ1) is 21.2. The summed E-state index contributed by atoms with van der Waals surface area (Å²) in [4.78, 5) is 30.0. The van der Waals surface area contributed by atoms with Crippen LogP contribution in [0.4, 0.5) is 0 Å². The molecule has 9 nitrogen and oxygen atoms in total. The molecule has 2 amide bonds. The van der Waals surface area contributed by atoms with Crippen LogP contribution in [0.25, 0.3) is 0 Å². The van der Waals surface area contributed by atoms with E-state index in [-0.39, 0.29) is 42.3 Å². The third-order valence-corrected chi connectivity index (χ3v) is 3.88. The van der Waals surface area contributed by atoms with Crippen LogP contribution in [-0.4, -0.2) is 73.2 Å². The van der Waals surface area contributed by atoms with E-state index in [4.69, 9.17) is 10.0 Å². The van der Waals surface area contributed by atoms with Gasteiger partial charge in [-0.2, -0.15) is 0 Å². The van der Waals surface area contributed by atoms with Gasteiger partial charge in [-0.05, 0) is 31.9 Å². The van der Waals surface area contributed by atoms with Crippen molar-refractivity contribution in [3.63, 3.8) is 0 Å². The summed E-state index contributed by atoms with van der Waals surface area (Å²) in [5.74, 6) is -0.428. The third kappa shape index (κ3) is 7.26. The van der Waals surface area contributed by atoms with Crippen LogP contribution < -0.4 is 16.1 Å². The highest BCUT2D eigenvalue weighted by atomic mass is 16.6. The smallest absolute Gasteiger partial charge is 0.423 e. The standard InChI is InChI=1S/C15H27BN4O5/c1-10(16(23)24)7-11(2)18-12-8-13(20(3)9-12)15(22)17-6-5-14(21)19-25-4/h7,12-13,18,23-24H,1,5-6,8-9H2,2-4H3,(H,17,22)(H,19,21)/b11-7+/t12-,13+/m1/s1. The molecular weight excluding hydrogens is 327 g/mol. The molecule has 1 rings (SSSR count). The first-order valence-corrected chi connectivity index (χ1v) is 8.04. The quantitative estimate of drug-likeness (QED) is 0.190. The van der Waals surface area contributed by atoms with E-state index < -0.39 is 7.12 Å². The van der Waals surface area contributed by atoms with E-state index in [1.54, 1.807) is 13.0 Å². The molecule has 0 aromatic rings. The molecule has 10 heteroatoms. The summed E-state index contributed by atoms with van der Waals surface area (Å²) in [6.07, 6.45) is 2.31. The maximum Gasteiger partial charge on any atom is 0.487 e. The maximum absolute atomic E-state index is 12.3. The Kier molecular flexibility index (Phi) is 8.63. The molecule has 0 saturated carbocycles. The zero-order valence-electron chi connectivity index (χ0n) is 14.9. The highest BCUT2D eigenvalue weighted by Crippen LogP contribution is 2.17. The van der Waals surface area contributed by atoms with Crippen LogP contribution in [0.2, 0.25) is 0 Å². The number of likely N-dealkylation sites (tertiary alicyclic amines) is 1. The number of hydrogen-bond donors (Lipinski definition) is 5. The number of nitrogens with one attached hydrogen (secondary N) is 3. The fourth-order valence-electron chi connectivity index (χ4n) is 2.71. The van der Waals surface area contributed by atoms with Gasteiger partial charge in [-0.1, -0.05) is 6.58 Å². The molecule has 1 aliphatic heterocycles. The molecule has 0 unspecified atom stereocenters. The van der Waals surface area contributed by atoms with Crippen molar-refractivity contribution >= 4 is 18.9 Å². The topological polar surface area (TPSA) is 123 Å². The Hall–Kier alpha value is -1.88. The van der Waals surface area contributed by atoms with Gasteiger partial charge in [0.1, 0.15) is 0 Å². The molecule has 1 saturated heterocycles. The normalized spacial score (nSPS) is 20.9. The predicted molar refractivity (Wildman–Crippen MR) is 93.8 cm³/mol. The lowest BCUT2D eigenvalue weighted by atomic mass is 9.80. The summed E-state index contributed by atoms with van der Waals surface area (Å²) in [7, 11) is 1.63. The lowest BCUT2D eigenvalue weighted by molar-refractivity contribution is -0.131. The van der Waals surface area contributed by atoms with Gasteiger partial charge in [-0.15, -0.1) is 0 Å². The van der Waals surface area contributed by atoms with E-state index in [0.29, 0.717) is 13.0 Å². The Morgan fingerprint density at radius 2 is 2.12 bits per heavy atom. The van der Waals surface area contributed by atoms with Crippen molar-refractivity contribution in [1.29, 1.82) is 0 Å². The first-order chi connectivity index (χ1) is 11.7. The molecule has 2 atom stereocenters. The minimum absolute atomic E-state index is 0.0532. The molecular formula is C15H27BN4O5. The van der Waals surface area contributed by atoms with Crippen LogP contribution in [0.1, 0.15) is 19.8 Å². The average molecular weight is 354 g/mol. The van der Waals surface area contributed by atoms with Crippen LogP contribution in [0, 0.1) is 0 Å². The van der Waals surface area contributed by atoms with Gasteiger partial charge in [0, 0.05) is 31.2 Å². The second-order valence-electron chi connectivity index (χ2n) is 6.08. The number of carbonyl (C=O) groups excluding carboxylic acids is 2. The van der Waals surface area contributed by atoms with Gasteiger partial charge in [0.15, 0.2) is 0 Å². The van der Waals surface area contributed by atoms with Gasteiger partial charge in [-0.25, -0.2) is 5.48 Å². The van der Waals surface area contributed by atoms with Crippen molar-refractivity contribution in [2.45, 2.75) is 31.8 Å². The van der Waals surface area contributed by atoms with E-state index in [2.05, 4.69) is 27.5 Å². The molecule has 0 aromatic carbocycles. The van der Waals surface area contributed by atoms with E-state index >= 15 is 0 Å². The van der Waals surface area contributed by atoms with Crippen LogP contribution in [-0.2, 0) is 14.4 Å². The fourth-order valence-corrected chi connectivity index (χ4v) is 2.71. The molecule has 0 spiro atoms. The molecule has 140 valence electrons. The van der Waals surface area contributed by atoms with Crippen molar-refractivity contribution in [2.75, 3.05) is 27.2 Å². The van der Waals surface area contributed by atoms with E-state index in [0.717, 1.165) is 5.70 Å². The number of rotatable bonds is 9. The van der Waals surface area contributed by atoms with E-state index in [1.165, 1.54) is 7.11 Å². The number of hydroxylamine groups is 1. The van der Waals surface area contributed by atoms with E-state index in [9.17, 15) is 9.59 Å². The van der Waals surface area contributed by atoms with Crippen LogP contribution in [0.3, 0.4) is 0 Å². The van der Waals surface area contributed by atoms with Gasteiger partial charge in [-0.3, -0.25) is 19.3 Å². The van der Waals surface area contributed by atoms with Crippen LogP contribution in [0.15, 0.2) is 23.8 Å². The zero-order chi connectivity index (χ0) is 19.0. The Morgan fingerprint density at radius 3 is 2.72 bits per heavy atom. The van der Waals surface area contributed by atoms with Crippen molar-refractivity contribution < 1.29 is 24.5 Å². The molecule has 25 heavy (non-hydrogen) atoms. The number of likely N-dealkylation sites (N-methyl/N-ethyl adjacent to an activating group) is 1. The predicted octanol–water partition coefficient (Wildman–Crippen LogP) is -1.70. The molecule has 1 heterocycles. The SMILES string of the molecule is C=C(/C=C(\C)N[C@@H]1C[C@@H](C(=O)NCCC(=O)NOC)N(C)C1)B(O)O. The Bertz CT molecular complexity index is 526. The summed E-state index contributed by atoms with van der Waals surface area (Å²) in [6, 6.07) is -0.236. The van der Waals surface area contributed by atoms with Gasteiger partial charge >= 0.3 is 7.12 Å². The van der Waals surface area contributed by atoms with Crippen molar-refractivity contribution in [2.24, 2.45) is 0 Å². The fraction of sp³-hybridized carbons (Fsp3) is 0.600. The second-order valence-corrected chi connectivity index (χ2v) is 6.08. The molecule has 0 radical (unpaired) electrons. The highest BCUT2D eigenvalue weighted by Gasteiger charge is 2.34. The summed E-state index contributed by atoms with van der Waals surface area (Å²) in [5, 5.41) is 24.1. The Labute approximate surface area is 148 Å². The average Bonchev–Trinajstić information content (AvgIpc) is 2.87. The molecule has 0 aromatic heterocycles. The molecule has 1 aliphatic rings. The molecule has 0 bridgehead atoms. The number of hydrogen-bond acceptors (Lipinski definition) is 7. The van der Waals surface area contributed by atoms with Crippen LogP contribution in [0.5, 0.6) is 0 Å². The van der Waals surface area contributed by atoms with Crippen molar-refractivity contribution in [3.8, 4) is 0 Å². The molecule has 5 N–H and O–H groups in total. The van der Waals surface area contributed by atoms with Gasteiger partial charge < -0.3 is 20.7 Å². The van der Waals surface area contributed by atoms with Gasteiger partial charge in [0.25, 0.3) is 0 Å². The van der Waals surface area contributed by atoms with Crippen molar-refractivity contribution in [3.05, 3.63) is 23.8 Å². The second kappa shape index (κ2) is 10.2. The number of carbonyl (C=O) groups is 2. The lowest BCUT2D eigenvalue weighted by Gasteiger charge is -2.18. The highest BCUT2D eigenvalue weighted by molar-refractivity contribution is 6.51.